The number of fused-ring (bicyclic) bond motifs is 3. The molecule has 1 spiro atoms. The minimum Gasteiger partial charge on any atom is -0.378 e. The molecule has 4 heteroatoms. The summed E-state index contributed by atoms with van der Waals surface area (Å²) in [6, 6.07) is 0.358. The summed E-state index contributed by atoms with van der Waals surface area (Å²) in [5.41, 5.74) is 6.92. The normalized spacial score (nSPS) is 46.2. The highest BCUT2D eigenvalue weighted by Gasteiger charge is 2.58. The molecule has 4 aliphatic rings. The zero-order valence-corrected chi connectivity index (χ0v) is 12.9. The molecule has 0 radical (unpaired) electrons. The van der Waals surface area contributed by atoms with Crippen molar-refractivity contribution < 1.29 is 9.53 Å². The first kappa shape index (κ1) is 14.0. The molecule has 0 aromatic rings. The van der Waals surface area contributed by atoms with Crippen LogP contribution in [0.15, 0.2) is 0 Å². The summed E-state index contributed by atoms with van der Waals surface area (Å²) in [5, 5.41) is 0. The van der Waals surface area contributed by atoms with E-state index in [-0.39, 0.29) is 5.92 Å². The number of carbonyl (C=O) groups excluding carboxylic acids is 1. The van der Waals surface area contributed by atoms with Crippen LogP contribution in [-0.4, -0.2) is 43.2 Å². The lowest BCUT2D eigenvalue weighted by atomic mass is 9.59. The minimum absolute atomic E-state index is 0.224. The van der Waals surface area contributed by atoms with E-state index in [0.717, 1.165) is 37.8 Å². The van der Waals surface area contributed by atoms with Crippen LogP contribution in [0.4, 0.5) is 0 Å². The van der Waals surface area contributed by atoms with Gasteiger partial charge in [-0.25, -0.2) is 0 Å². The number of nitrogens with zero attached hydrogens (tertiary/aromatic N) is 1. The van der Waals surface area contributed by atoms with Crippen LogP contribution in [0.3, 0.4) is 0 Å². The van der Waals surface area contributed by atoms with E-state index >= 15 is 0 Å². The van der Waals surface area contributed by atoms with E-state index in [2.05, 4.69) is 0 Å². The highest BCUT2D eigenvalue weighted by Crippen LogP contribution is 2.61. The van der Waals surface area contributed by atoms with Crippen molar-refractivity contribution in [3.05, 3.63) is 0 Å². The Bertz CT molecular complexity index is 417. The summed E-state index contributed by atoms with van der Waals surface area (Å²) in [5.74, 6) is 2.15. The van der Waals surface area contributed by atoms with E-state index < -0.39 is 0 Å². The average Bonchev–Trinajstić information content (AvgIpc) is 3.11. The molecule has 1 amide bonds. The zero-order chi connectivity index (χ0) is 14.4. The molecule has 2 bridgehead atoms. The predicted octanol–water partition coefficient (Wildman–Crippen LogP) is 1.78. The molecule has 1 aliphatic heterocycles. The van der Waals surface area contributed by atoms with Gasteiger partial charge in [-0.3, -0.25) is 4.79 Å². The van der Waals surface area contributed by atoms with Gasteiger partial charge >= 0.3 is 0 Å². The Morgan fingerprint density at radius 3 is 2.71 bits per heavy atom. The fourth-order valence-corrected chi connectivity index (χ4v) is 5.87. The number of amides is 1. The van der Waals surface area contributed by atoms with E-state index in [0.29, 0.717) is 30.6 Å². The quantitative estimate of drug-likeness (QED) is 0.801. The number of carbonyl (C=O) groups is 1. The summed E-state index contributed by atoms with van der Waals surface area (Å²) < 4.78 is 5.37. The molecule has 1 saturated heterocycles. The van der Waals surface area contributed by atoms with Crippen molar-refractivity contribution in [2.45, 2.75) is 51.0 Å². The molecule has 4 fully saturated rings. The summed E-state index contributed by atoms with van der Waals surface area (Å²) in [6.45, 7) is 2.96. The Morgan fingerprint density at radius 1 is 1.19 bits per heavy atom. The van der Waals surface area contributed by atoms with Crippen LogP contribution in [-0.2, 0) is 9.53 Å². The molecule has 0 aromatic heterocycles. The molecular weight excluding hydrogens is 264 g/mol. The van der Waals surface area contributed by atoms with Crippen molar-refractivity contribution in [2.75, 3.05) is 26.3 Å². The van der Waals surface area contributed by atoms with Gasteiger partial charge in [-0.2, -0.15) is 0 Å². The molecule has 5 atom stereocenters. The largest absolute Gasteiger partial charge is 0.378 e. The molecular formula is C17H28N2O2. The topological polar surface area (TPSA) is 55.6 Å². The van der Waals surface area contributed by atoms with E-state index in [1.165, 1.54) is 32.1 Å². The van der Waals surface area contributed by atoms with Crippen molar-refractivity contribution in [3.8, 4) is 0 Å². The summed E-state index contributed by atoms with van der Waals surface area (Å²) in [7, 11) is 0. The van der Waals surface area contributed by atoms with Gasteiger partial charge in [-0.05, 0) is 55.8 Å². The monoisotopic (exact) mass is 292 g/mol. The van der Waals surface area contributed by atoms with Crippen molar-refractivity contribution >= 4 is 5.91 Å². The van der Waals surface area contributed by atoms with Crippen LogP contribution in [0.5, 0.6) is 0 Å². The molecule has 118 valence electrons. The Kier molecular flexibility index (Phi) is 3.49. The van der Waals surface area contributed by atoms with E-state index in [9.17, 15) is 4.79 Å². The van der Waals surface area contributed by atoms with Gasteiger partial charge in [0.25, 0.3) is 0 Å². The zero-order valence-electron chi connectivity index (χ0n) is 12.9. The lowest BCUT2D eigenvalue weighted by Crippen LogP contribution is -2.52. The maximum Gasteiger partial charge on any atom is 0.225 e. The Labute approximate surface area is 127 Å². The molecule has 4 nitrogen and oxygen atoms in total. The lowest BCUT2D eigenvalue weighted by molar-refractivity contribution is -0.143. The first-order valence-corrected chi connectivity index (χ1v) is 8.83. The van der Waals surface area contributed by atoms with Gasteiger partial charge < -0.3 is 15.4 Å². The van der Waals surface area contributed by atoms with Gasteiger partial charge in [0.1, 0.15) is 0 Å². The van der Waals surface area contributed by atoms with Gasteiger partial charge in [-0.1, -0.05) is 6.42 Å². The summed E-state index contributed by atoms with van der Waals surface area (Å²) in [6.07, 6.45) is 8.61. The first-order valence-electron chi connectivity index (χ1n) is 8.83. The number of hydrogen-bond acceptors (Lipinski definition) is 3. The molecule has 3 aliphatic carbocycles. The van der Waals surface area contributed by atoms with E-state index in [4.69, 9.17) is 10.5 Å². The van der Waals surface area contributed by atoms with Gasteiger partial charge in [0, 0.05) is 25.0 Å². The third kappa shape index (κ3) is 2.14. The molecule has 3 unspecified atom stereocenters. The van der Waals surface area contributed by atoms with Gasteiger partial charge in [0.2, 0.25) is 5.91 Å². The van der Waals surface area contributed by atoms with Crippen molar-refractivity contribution in [3.63, 3.8) is 0 Å². The highest BCUT2D eigenvalue weighted by atomic mass is 16.5. The van der Waals surface area contributed by atoms with Gasteiger partial charge in [-0.15, -0.1) is 0 Å². The number of nitrogens with two attached hydrogens (primary N) is 1. The molecule has 0 aromatic carbocycles. The maximum atomic E-state index is 12.8. The third-order valence-electron chi connectivity index (χ3n) is 6.95. The van der Waals surface area contributed by atoms with Crippen molar-refractivity contribution in [2.24, 2.45) is 28.9 Å². The smallest absolute Gasteiger partial charge is 0.225 e. The van der Waals surface area contributed by atoms with E-state index in [1.807, 2.05) is 4.90 Å². The van der Waals surface area contributed by atoms with Crippen LogP contribution < -0.4 is 5.73 Å². The average molecular weight is 292 g/mol. The lowest BCUT2D eigenvalue weighted by Gasteiger charge is -2.48. The molecule has 4 rings (SSSR count). The number of morpholine rings is 1. The predicted molar refractivity (Wildman–Crippen MR) is 80.6 cm³/mol. The second-order valence-corrected chi connectivity index (χ2v) is 7.76. The fraction of sp³-hybridized carbons (Fsp3) is 0.941. The highest BCUT2D eigenvalue weighted by molar-refractivity contribution is 5.79. The second kappa shape index (κ2) is 5.24. The van der Waals surface area contributed by atoms with Crippen LogP contribution in [0.2, 0.25) is 0 Å². The molecule has 1 heterocycles. The molecule has 21 heavy (non-hydrogen) atoms. The van der Waals surface area contributed by atoms with E-state index in [1.54, 1.807) is 0 Å². The second-order valence-electron chi connectivity index (χ2n) is 7.76. The van der Waals surface area contributed by atoms with Crippen molar-refractivity contribution in [1.82, 2.24) is 4.90 Å². The maximum absolute atomic E-state index is 12.8. The molecule has 3 saturated carbocycles. The standard InChI is InChI=1S/C17H28N2O2/c18-15-12-3-4-14(10-12)17(15)5-1-2-13(11-17)16(20)19-6-8-21-9-7-19/h12-15H,1-11,18H2/t12?,13?,14?,15-,17-/m1/s1. The van der Waals surface area contributed by atoms with Crippen LogP contribution in [0.25, 0.3) is 0 Å². The van der Waals surface area contributed by atoms with Crippen LogP contribution >= 0.6 is 0 Å². The minimum atomic E-state index is 0.224. The fourth-order valence-electron chi connectivity index (χ4n) is 5.87. The number of ether oxygens (including phenoxy) is 1. The SMILES string of the molecule is N[C@@H]1C2CCC(C2)[C@]12CCCC(C(=O)N1CCOCC1)C2. The number of rotatable bonds is 1. The first-order chi connectivity index (χ1) is 10.2. The summed E-state index contributed by atoms with van der Waals surface area (Å²) in [4.78, 5) is 14.9. The Balaban J connectivity index is 1.49. The number of hydrogen-bond donors (Lipinski definition) is 1. The van der Waals surface area contributed by atoms with Crippen LogP contribution in [0, 0.1) is 23.2 Å². The van der Waals surface area contributed by atoms with Crippen molar-refractivity contribution in [1.29, 1.82) is 0 Å². The third-order valence-corrected chi connectivity index (χ3v) is 6.95. The van der Waals surface area contributed by atoms with Crippen LogP contribution in [0.1, 0.15) is 44.9 Å². The Morgan fingerprint density at radius 2 is 2.00 bits per heavy atom. The summed E-state index contributed by atoms with van der Waals surface area (Å²) >= 11 is 0. The van der Waals surface area contributed by atoms with Gasteiger partial charge in [0.15, 0.2) is 0 Å². The molecule has 2 N–H and O–H groups in total. The van der Waals surface area contributed by atoms with Gasteiger partial charge in [0.05, 0.1) is 13.2 Å². The Hall–Kier alpha value is -0.610.